The number of benzene rings is 2. The van der Waals surface area contributed by atoms with Crippen molar-refractivity contribution in [2.24, 2.45) is 0 Å². The van der Waals surface area contributed by atoms with Crippen molar-refractivity contribution in [1.82, 2.24) is 0 Å². The fourth-order valence-corrected chi connectivity index (χ4v) is 3.74. The van der Waals surface area contributed by atoms with Crippen molar-refractivity contribution in [1.29, 1.82) is 0 Å². The molecule has 0 bridgehead atoms. The van der Waals surface area contributed by atoms with Crippen molar-refractivity contribution in [3.63, 3.8) is 0 Å². The van der Waals surface area contributed by atoms with Gasteiger partial charge in [-0.25, -0.2) is 0 Å². The van der Waals surface area contributed by atoms with Gasteiger partial charge in [0.2, 0.25) is 0 Å². The largest absolute Gasteiger partial charge is 0.506 e. The Morgan fingerprint density at radius 1 is 0.783 bits per heavy atom. The Morgan fingerprint density at radius 2 is 1.13 bits per heavy atom. The number of hydrogen-bond donors (Lipinski definition) is 2. The van der Waals surface area contributed by atoms with Crippen molar-refractivity contribution in [2.45, 2.75) is 46.0 Å². The summed E-state index contributed by atoms with van der Waals surface area (Å²) in [5.41, 5.74) is 3.85. The summed E-state index contributed by atoms with van der Waals surface area (Å²) in [7, 11) is 0. The first-order chi connectivity index (χ1) is 10.7. The SMILES string of the molecule is CCc1cc(C(C)(C)c2cc(Br)c(O)c(CC)c2)cc(Br)c1O. The van der Waals surface area contributed by atoms with Crippen LogP contribution in [-0.2, 0) is 18.3 Å². The standard InChI is InChI=1S/C19H22Br2O2/c1-5-11-7-13(9-15(20)17(11)22)19(3,4)14-8-12(6-2)18(23)16(21)10-14/h7-10,22-23H,5-6H2,1-4H3. The van der Waals surface area contributed by atoms with E-state index < -0.39 is 0 Å². The first kappa shape index (κ1) is 18.3. The molecule has 124 valence electrons. The molecule has 2 nitrogen and oxygen atoms in total. The zero-order valence-electron chi connectivity index (χ0n) is 13.9. The van der Waals surface area contributed by atoms with Crippen LogP contribution in [0.2, 0.25) is 0 Å². The van der Waals surface area contributed by atoms with Gasteiger partial charge in [-0.1, -0.05) is 39.8 Å². The highest BCUT2D eigenvalue weighted by molar-refractivity contribution is 9.10. The number of aryl methyl sites for hydroxylation is 2. The average Bonchev–Trinajstić information content (AvgIpc) is 2.52. The molecule has 0 heterocycles. The molecular formula is C19H22Br2O2. The zero-order chi connectivity index (χ0) is 17.4. The molecule has 0 amide bonds. The van der Waals surface area contributed by atoms with Crippen LogP contribution < -0.4 is 0 Å². The molecule has 0 aliphatic carbocycles. The highest BCUT2D eigenvalue weighted by Crippen LogP contribution is 2.41. The lowest BCUT2D eigenvalue weighted by molar-refractivity contribution is 0.463. The van der Waals surface area contributed by atoms with Crippen LogP contribution in [0.3, 0.4) is 0 Å². The van der Waals surface area contributed by atoms with Gasteiger partial charge in [0.25, 0.3) is 0 Å². The highest BCUT2D eigenvalue weighted by Gasteiger charge is 2.26. The van der Waals surface area contributed by atoms with Gasteiger partial charge < -0.3 is 10.2 Å². The summed E-state index contributed by atoms with van der Waals surface area (Å²) >= 11 is 6.92. The van der Waals surface area contributed by atoms with Gasteiger partial charge in [-0.3, -0.25) is 0 Å². The molecule has 23 heavy (non-hydrogen) atoms. The van der Waals surface area contributed by atoms with Gasteiger partial charge in [-0.15, -0.1) is 0 Å². The Kier molecular flexibility index (Phi) is 5.47. The maximum Gasteiger partial charge on any atom is 0.132 e. The molecule has 0 saturated heterocycles. The summed E-state index contributed by atoms with van der Waals surface area (Å²) in [5, 5.41) is 20.3. The van der Waals surface area contributed by atoms with E-state index in [4.69, 9.17) is 0 Å². The smallest absolute Gasteiger partial charge is 0.132 e. The zero-order valence-corrected chi connectivity index (χ0v) is 17.0. The van der Waals surface area contributed by atoms with E-state index in [1.807, 2.05) is 26.0 Å². The monoisotopic (exact) mass is 440 g/mol. The number of phenolic OH excluding ortho intramolecular Hbond substituents is 2. The Bertz CT molecular complexity index is 675. The predicted octanol–water partition coefficient (Wildman–Crippen LogP) is 6.07. The molecule has 0 atom stereocenters. The number of hydrogen-bond acceptors (Lipinski definition) is 2. The van der Waals surface area contributed by atoms with Crippen LogP contribution in [0.15, 0.2) is 33.2 Å². The summed E-state index contributed by atoms with van der Waals surface area (Å²) in [6.45, 7) is 8.38. The molecule has 2 N–H and O–H groups in total. The minimum atomic E-state index is -0.250. The molecular weight excluding hydrogens is 420 g/mol. The summed E-state index contributed by atoms with van der Waals surface area (Å²) in [6.07, 6.45) is 1.54. The van der Waals surface area contributed by atoms with Crippen LogP contribution in [0.1, 0.15) is 49.9 Å². The Hall–Kier alpha value is -1.00. The van der Waals surface area contributed by atoms with Crippen molar-refractivity contribution in [3.05, 3.63) is 55.5 Å². The van der Waals surface area contributed by atoms with Crippen molar-refractivity contribution in [3.8, 4) is 11.5 Å². The van der Waals surface area contributed by atoms with Crippen LogP contribution in [0.4, 0.5) is 0 Å². The van der Waals surface area contributed by atoms with Crippen LogP contribution in [0.25, 0.3) is 0 Å². The third-order valence-electron chi connectivity index (χ3n) is 4.49. The van der Waals surface area contributed by atoms with Gasteiger partial charge in [0.05, 0.1) is 8.95 Å². The van der Waals surface area contributed by atoms with E-state index >= 15 is 0 Å². The first-order valence-electron chi connectivity index (χ1n) is 7.76. The van der Waals surface area contributed by atoms with Gasteiger partial charge in [-0.2, -0.15) is 0 Å². The van der Waals surface area contributed by atoms with Crippen LogP contribution in [-0.4, -0.2) is 10.2 Å². The number of rotatable bonds is 4. The normalized spacial score (nSPS) is 11.7. The van der Waals surface area contributed by atoms with E-state index in [0.717, 1.165) is 35.1 Å². The first-order valence-corrected chi connectivity index (χ1v) is 9.34. The van der Waals surface area contributed by atoms with E-state index in [9.17, 15) is 10.2 Å². The molecule has 0 spiro atoms. The molecule has 2 aromatic rings. The average molecular weight is 442 g/mol. The van der Waals surface area contributed by atoms with Gasteiger partial charge in [0.1, 0.15) is 11.5 Å². The minimum absolute atomic E-state index is 0.250. The molecule has 2 rings (SSSR count). The third kappa shape index (κ3) is 3.43. The third-order valence-corrected chi connectivity index (χ3v) is 5.70. The molecule has 0 aromatic heterocycles. The lowest BCUT2D eigenvalue weighted by Crippen LogP contribution is -2.19. The van der Waals surface area contributed by atoms with Crippen molar-refractivity contribution >= 4 is 31.9 Å². The topological polar surface area (TPSA) is 40.5 Å². The maximum absolute atomic E-state index is 10.1. The van der Waals surface area contributed by atoms with E-state index in [2.05, 4.69) is 57.8 Å². The lowest BCUT2D eigenvalue weighted by Gasteiger charge is -2.28. The Balaban J connectivity index is 2.63. The van der Waals surface area contributed by atoms with E-state index in [1.165, 1.54) is 0 Å². The molecule has 2 aromatic carbocycles. The van der Waals surface area contributed by atoms with Gasteiger partial charge >= 0.3 is 0 Å². The van der Waals surface area contributed by atoms with E-state index in [0.29, 0.717) is 20.4 Å². The van der Waals surface area contributed by atoms with Crippen LogP contribution >= 0.6 is 31.9 Å². The molecule has 0 aliphatic heterocycles. The quantitative estimate of drug-likeness (QED) is 0.603. The second-order valence-corrected chi connectivity index (χ2v) is 7.97. The number of phenols is 2. The lowest BCUT2D eigenvalue weighted by atomic mass is 9.77. The van der Waals surface area contributed by atoms with Crippen molar-refractivity contribution < 1.29 is 10.2 Å². The number of halogens is 2. The second kappa shape index (κ2) is 6.86. The summed E-state index contributed by atoms with van der Waals surface area (Å²) < 4.78 is 1.43. The maximum atomic E-state index is 10.1. The molecule has 0 radical (unpaired) electrons. The Morgan fingerprint density at radius 3 is 1.43 bits per heavy atom. The summed E-state index contributed by atoms with van der Waals surface area (Å²) in [4.78, 5) is 0. The predicted molar refractivity (Wildman–Crippen MR) is 102 cm³/mol. The molecule has 0 saturated carbocycles. The van der Waals surface area contributed by atoms with Gasteiger partial charge in [0, 0.05) is 5.41 Å². The molecule has 4 heteroatoms. The van der Waals surface area contributed by atoms with Crippen molar-refractivity contribution in [2.75, 3.05) is 0 Å². The minimum Gasteiger partial charge on any atom is -0.506 e. The van der Waals surface area contributed by atoms with E-state index in [-0.39, 0.29) is 5.41 Å². The van der Waals surface area contributed by atoms with Gasteiger partial charge in [0.15, 0.2) is 0 Å². The fourth-order valence-electron chi connectivity index (χ4n) is 2.74. The second-order valence-electron chi connectivity index (χ2n) is 6.26. The van der Waals surface area contributed by atoms with E-state index in [1.54, 1.807) is 0 Å². The molecule has 0 fully saturated rings. The fraction of sp³-hybridized carbons (Fsp3) is 0.368. The molecule has 0 aliphatic rings. The van der Waals surface area contributed by atoms with Crippen LogP contribution in [0, 0.1) is 0 Å². The molecule has 0 unspecified atom stereocenters. The summed E-state index contributed by atoms with van der Waals surface area (Å²) in [5.74, 6) is 0.626. The summed E-state index contributed by atoms with van der Waals surface area (Å²) in [6, 6.07) is 8.07. The van der Waals surface area contributed by atoms with Gasteiger partial charge in [-0.05, 0) is 79.1 Å². The highest BCUT2D eigenvalue weighted by atomic mass is 79.9. The Labute approximate surface area is 154 Å². The number of aromatic hydroxyl groups is 2. The van der Waals surface area contributed by atoms with Crippen LogP contribution in [0.5, 0.6) is 11.5 Å².